The van der Waals surface area contributed by atoms with Gasteiger partial charge in [0.2, 0.25) is 0 Å². The molecule has 0 aliphatic heterocycles. The first-order chi connectivity index (χ1) is 10.3. The number of rotatable bonds is 0. The first-order valence-electron chi connectivity index (χ1n) is 9.64. The Balaban J connectivity index is 1.47. The van der Waals surface area contributed by atoms with Crippen LogP contribution in [0.1, 0.15) is 57.8 Å². The van der Waals surface area contributed by atoms with Gasteiger partial charge in [-0.25, -0.2) is 0 Å². The van der Waals surface area contributed by atoms with Crippen LogP contribution in [-0.4, -0.2) is 5.38 Å². The lowest BCUT2D eigenvalue weighted by molar-refractivity contribution is 0.0438. The van der Waals surface area contributed by atoms with Gasteiger partial charge in [-0.15, -0.1) is 11.6 Å². The second-order valence-corrected chi connectivity index (χ2v) is 10.0. The van der Waals surface area contributed by atoms with Crippen molar-refractivity contribution in [2.45, 2.75) is 63.2 Å². The van der Waals surface area contributed by atoms with Crippen molar-refractivity contribution in [2.75, 3.05) is 0 Å². The molecule has 0 radical (unpaired) electrons. The van der Waals surface area contributed by atoms with Gasteiger partial charge < -0.3 is 0 Å². The van der Waals surface area contributed by atoms with Crippen LogP contribution < -0.4 is 0 Å². The van der Waals surface area contributed by atoms with Crippen LogP contribution >= 0.6 is 11.6 Å². The highest BCUT2D eigenvalue weighted by Crippen LogP contribution is 2.64. The summed E-state index contributed by atoms with van der Waals surface area (Å²) in [5.74, 6) is 7.87. The van der Waals surface area contributed by atoms with Crippen molar-refractivity contribution < 1.29 is 0 Å². The SMILES string of the molecule is Cl[C@H]1[C@@H]2C[C@H]3C[C@@H](C2)C(=C2C4CC5CC(C4)CC2C5)[C@@H]1C3. The Morgan fingerprint density at radius 2 is 1.14 bits per heavy atom. The molecule has 114 valence electrons. The molecule has 8 fully saturated rings. The Morgan fingerprint density at radius 1 is 0.571 bits per heavy atom. The highest BCUT2D eigenvalue weighted by Gasteiger charge is 2.54. The van der Waals surface area contributed by atoms with Gasteiger partial charge in [0.15, 0.2) is 0 Å². The number of hydrogen-bond acceptors (Lipinski definition) is 0. The summed E-state index contributed by atoms with van der Waals surface area (Å²) in [6.45, 7) is 0. The molecule has 1 heteroatoms. The van der Waals surface area contributed by atoms with Crippen molar-refractivity contribution in [1.29, 1.82) is 0 Å². The van der Waals surface area contributed by atoms with E-state index in [2.05, 4.69) is 0 Å². The Morgan fingerprint density at radius 3 is 1.81 bits per heavy atom. The smallest absolute Gasteiger partial charge is 0.0430 e. The Labute approximate surface area is 133 Å². The molecule has 0 aromatic carbocycles. The maximum atomic E-state index is 6.94. The lowest BCUT2D eigenvalue weighted by Crippen LogP contribution is -2.50. The summed E-state index contributed by atoms with van der Waals surface area (Å²) >= 11 is 6.94. The van der Waals surface area contributed by atoms with E-state index < -0.39 is 0 Å². The van der Waals surface area contributed by atoms with E-state index in [9.17, 15) is 0 Å². The maximum absolute atomic E-state index is 6.94. The molecule has 21 heavy (non-hydrogen) atoms. The molecule has 0 amide bonds. The average Bonchev–Trinajstić information content (AvgIpc) is 2.45. The summed E-state index contributed by atoms with van der Waals surface area (Å²) in [5.41, 5.74) is 3.98. The van der Waals surface area contributed by atoms with Gasteiger partial charge in [-0.2, -0.15) is 0 Å². The van der Waals surface area contributed by atoms with E-state index in [0.29, 0.717) is 5.38 Å². The van der Waals surface area contributed by atoms with E-state index in [1.54, 1.807) is 32.1 Å². The molecule has 5 atom stereocenters. The van der Waals surface area contributed by atoms with Gasteiger partial charge >= 0.3 is 0 Å². The summed E-state index contributed by atoms with van der Waals surface area (Å²) in [6, 6.07) is 0. The number of hydrogen-bond donors (Lipinski definition) is 0. The van der Waals surface area contributed by atoms with Crippen molar-refractivity contribution in [3.05, 3.63) is 11.1 Å². The highest BCUT2D eigenvalue weighted by atomic mass is 35.5. The molecule has 0 unspecified atom stereocenters. The van der Waals surface area contributed by atoms with E-state index in [0.717, 1.165) is 47.3 Å². The van der Waals surface area contributed by atoms with Crippen LogP contribution in [0.15, 0.2) is 11.1 Å². The van der Waals surface area contributed by atoms with E-state index in [1.807, 2.05) is 11.1 Å². The number of alkyl halides is 1. The van der Waals surface area contributed by atoms with E-state index in [1.165, 1.54) is 25.7 Å². The minimum Gasteiger partial charge on any atom is -0.122 e. The molecule has 0 spiro atoms. The molecule has 0 nitrogen and oxygen atoms in total. The molecule has 0 heterocycles. The normalized spacial score (nSPS) is 60.1. The molecule has 8 aliphatic rings. The Hall–Kier alpha value is 0.0300. The standard InChI is InChI=1S/C20H27Cl/c21-20-16-7-12-6-15(9-16)19(17(20)8-12)18-13-2-10-1-11(4-13)5-14(18)3-10/h10-17,20H,1-9H2/t10?,11?,12-,13?,14?,15+,16-,17+,20+/m1/s1. The summed E-state index contributed by atoms with van der Waals surface area (Å²) < 4.78 is 0. The fourth-order valence-electron chi connectivity index (χ4n) is 8.22. The van der Waals surface area contributed by atoms with E-state index >= 15 is 0 Å². The fourth-order valence-corrected chi connectivity index (χ4v) is 8.67. The molecular weight excluding hydrogens is 276 g/mol. The first kappa shape index (κ1) is 12.5. The third kappa shape index (κ3) is 1.59. The predicted octanol–water partition coefficient (Wildman–Crippen LogP) is 5.41. The van der Waals surface area contributed by atoms with Gasteiger partial charge in [-0.1, -0.05) is 11.1 Å². The number of halogens is 1. The van der Waals surface area contributed by atoms with Crippen molar-refractivity contribution in [3.8, 4) is 0 Å². The van der Waals surface area contributed by atoms with Crippen LogP contribution in [0, 0.1) is 47.3 Å². The van der Waals surface area contributed by atoms with Crippen LogP contribution in [0.5, 0.6) is 0 Å². The zero-order chi connectivity index (χ0) is 13.7. The quantitative estimate of drug-likeness (QED) is 0.414. The third-order valence-corrected chi connectivity index (χ3v) is 9.11. The summed E-state index contributed by atoms with van der Waals surface area (Å²) in [5, 5.41) is 0.498. The fraction of sp³-hybridized carbons (Fsp3) is 0.900. The van der Waals surface area contributed by atoms with Crippen molar-refractivity contribution in [2.24, 2.45) is 47.3 Å². The molecule has 0 saturated heterocycles. The third-order valence-electron chi connectivity index (χ3n) is 8.45. The van der Waals surface area contributed by atoms with Crippen LogP contribution in [-0.2, 0) is 0 Å². The lowest BCUT2D eigenvalue weighted by atomic mass is 9.48. The topological polar surface area (TPSA) is 0 Å². The van der Waals surface area contributed by atoms with Gasteiger partial charge in [0.05, 0.1) is 0 Å². The van der Waals surface area contributed by atoms with Gasteiger partial charge in [0.25, 0.3) is 0 Å². The van der Waals surface area contributed by atoms with Crippen LogP contribution in [0.3, 0.4) is 0 Å². The van der Waals surface area contributed by atoms with E-state index in [4.69, 9.17) is 11.6 Å². The molecule has 8 bridgehead atoms. The molecule has 0 aromatic heterocycles. The average molecular weight is 303 g/mol. The Kier molecular flexibility index (Phi) is 2.43. The zero-order valence-electron chi connectivity index (χ0n) is 12.9. The summed E-state index contributed by atoms with van der Waals surface area (Å²) in [6.07, 6.45) is 13.7. The zero-order valence-corrected chi connectivity index (χ0v) is 13.7. The lowest BCUT2D eigenvalue weighted by Gasteiger charge is -2.59. The molecule has 8 rings (SSSR count). The highest BCUT2D eigenvalue weighted by molar-refractivity contribution is 6.21. The molecule has 8 saturated carbocycles. The van der Waals surface area contributed by atoms with Crippen LogP contribution in [0.25, 0.3) is 0 Å². The first-order valence-corrected chi connectivity index (χ1v) is 10.1. The molecule has 8 aliphatic carbocycles. The van der Waals surface area contributed by atoms with Crippen LogP contribution in [0.4, 0.5) is 0 Å². The van der Waals surface area contributed by atoms with Gasteiger partial charge in [-0.3, -0.25) is 0 Å². The molecule has 0 aromatic rings. The van der Waals surface area contributed by atoms with E-state index in [-0.39, 0.29) is 0 Å². The minimum absolute atomic E-state index is 0.498. The predicted molar refractivity (Wildman–Crippen MR) is 86.1 cm³/mol. The Bertz CT molecular complexity index is 488. The minimum atomic E-state index is 0.498. The second kappa shape index (κ2) is 4.11. The maximum Gasteiger partial charge on any atom is 0.0430 e. The van der Waals surface area contributed by atoms with Gasteiger partial charge in [0.1, 0.15) is 0 Å². The molecular formula is C20H27Cl. The second-order valence-electron chi connectivity index (χ2n) is 9.53. The van der Waals surface area contributed by atoms with Crippen molar-refractivity contribution in [3.63, 3.8) is 0 Å². The summed E-state index contributed by atoms with van der Waals surface area (Å²) in [7, 11) is 0. The van der Waals surface area contributed by atoms with Gasteiger partial charge in [0, 0.05) is 5.38 Å². The van der Waals surface area contributed by atoms with Crippen molar-refractivity contribution >= 4 is 11.6 Å². The van der Waals surface area contributed by atoms with Crippen LogP contribution in [0.2, 0.25) is 0 Å². The largest absolute Gasteiger partial charge is 0.122 e. The number of allylic oxidation sites excluding steroid dienone is 2. The summed E-state index contributed by atoms with van der Waals surface area (Å²) in [4.78, 5) is 0. The van der Waals surface area contributed by atoms with Gasteiger partial charge in [-0.05, 0) is 105 Å². The monoisotopic (exact) mass is 302 g/mol. The molecule has 0 N–H and O–H groups in total. The van der Waals surface area contributed by atoms with Crippen molar-refractivity contribution in [1.82, 2.24) is 0 Å².